The Labute approximate surface area is 167 Å². The first-order chi connectivity index (χ1) is 12.7. The molecule has 0 bridgehead atoms. The van der Waals surface area contributed by atoms with E-state index in [0.717, 1.165) is 15.2 Å². The van der Waals surface area contributed by atoms with Crippen LogP contribution in [0.2, 0.25) is 0 Å². The number of imidazole rings is 1. The molecule has 0 aliphatic rings. The molecule has 128 valence electrons. The number of aromatic amines is 1. The number of hydrogen-bond donors (Lipinski definition) is 1. The van der Waals surface area contributed by atoms with E-state index in [9.17, 15) is 0 Å². The van der Waals surface area contributed by atoms with E-state index < -0.39 is 5.41 Å². The summed E-state index contributed by atoms with van der Waals surface area (Å²) in [6, 6.07) is 31.8. The summed E-state index contributed by atoms with van der Waals surface area (Å²) in [7, 11) is 0. The second-order valence-electron chi connectivity index (χ2n) is 6.35. The molecule has 0 amide bonds. The quantitative estimate of drug-likeness (QED) is 0.313. The van der Waals surface area contributed by atoms with Gasteiger partial charge in [-0.25, -0.2) is 4.98 Å². The fourth-order valence-electron chi connectivity index (χ4n) is 3.59. The number of aromatic nitrogens is 2. The van der Waals surface area contributed by atoms with Gasteiger partial charge in [0.05, 0.1) is 0 Å². The van der Waals surface area contributed by atoms with Crippen LogP contribution in [0, 0.1) is 10.6 Å². The summed E-state index contributed by atoms with van der Waals surface area (Å²) in [6.07, 6.45) is 0. The normalized spacial score (nSPS) is 11.5. The standard InChI is InChI=1S/C23H19IN2/c1-17-21(24)26-22(25-17)23(18-11-5-2-6-12-18,19-13-7-3-8-14-19)20-15-9-4-10-16-20/h2-16H,1H3,(H,25,26). The van der Waals surface area contributed by atoms with E-state index in [1.165, 1.54) is 16.7 Å². The van der Waals surface area contributed by atoms with Gasteiger partial charge in [-0.3, -0.25) is 0 Å². The third-order valence-electron chi connectivity index (χ3n) is 4.80. The first-order valence-corrected chi connectivity index (χ1v) is 9.70. The molecule has 0 aliphatic carbocycles. The summed E-state index contributed by atoms with van der Waals surface area (Å²) >= 11 is 2.30. The zero-order chi connectivity index (χ0) is 18.0. The third-order valence-corrected chi connectivity index (χ3v) is 5.85. The molecular formula is C23H19IN2. The van der Waals surface area contributed by atoms with Crippen molar-refractivity contribution in [1.82, 2.24) is 9.97 Å². The molecule has 1 N–H and O–H groups in total. The maximum atomic E-state index is 4.94. The van der Waals surface area contributed by atoms with Crippen LogP contribution in [0.1, 0.15) is 28.2 Å². The molecule has 0 radical (unpaired) electrons. The number of H-pyrrole nitrogens is 1. The SMILES string of the molecule is Cc1[nH]c(C(c2ccccc2)(c2ccccc2)c2ccccc2)nc1I. The predicted octanol–water partition coefficient (Wildman–Crippen LogP) is 5.71. The minimum Gasteiger partial charge on any atom is -0.344 e. The minimum atomic E-state index is -0.488. The van der Waals surface area contributed by atoms with E-state index >= 15 is 0 Å². The maximum Gasteiger partial charge on any atom is 0.127 e. The van der Waals surface area contributed by atoms with Gasteiger partial charge in [-0.1, -0.05) is 91.0 Å². The molecule has 26 heavy (non-hydrogen) atoms. The minimum absolute atomic E-state index is 0.488. The monoisotopic (exact) mass is 450 g/mol. The molecule has 0 unspecified atom stereocenters. The topological polar surface area (TPSA) is 28.7 Å². The molecule has 0 atom stereocenters. The van der Waals surface area contributed by atoms with Crippen LogP contribution < -0.4 is 0 Å². The van der Waals surface area contributed by atoms with Crippen molar-refractivity contribution >= 4 is 22.6 Å². The first kappa shape index (κ1) is 17.0. The highest BCUT2D eigenvalue weighted by Gasteiger charge is 2.41. The van der Waals surface area contributed by atoms with Gasteiger partial charge >= 0.3 is 0 Å². The highest BCUT2D eigenvalue weighted by molar-refractivity contribution is 14.1. The summed E-state index contributed by atoms with van der Waals surface area (Å²) in [5.41, 5.74) is 4.19. The Morgan fingerprint density at radius 2 is 1.08 bits per heavy atom. The van der Waals surface area contributed by atoms with Gasteiger partial charge in [0, 0.05) is 5.69 Å². The molecule has 0 aliphatic heterocycles. The van der Waals surface area contributed by atoms with Crippen molar-refractivity contribution in [3.8, 4) is 0 Å². The molecule has 4 aromatic rings. The average molecular weight is 450 g/mol. The zero-order valence-electron chi connectivity index (χ0n) is 14.5. The van der Waals surface area contributed by atoms with Gasteiger partial charge < -0.3 is 4.98 Å². The van der Waals surface area contributed by atoms with Crippen LogP contribution in [-0.4, -0.2) is 9.97 Å². The second kappa shape index (κ2) is 7.08. The zero-order valence-corrected chi connectivity index (χ0v) is 16.6. The van der Waals surface area contributed by atoms with Crippen LogP contribution >= 0.6 is 22.6 Å². The van der Waals surface area contributed by atoms with Crippen LogP contribution in [0.15, 0.2) is 91.0 Å². The number of aryl methyl sites for hydroxylation is 1. The Bertz CT molecular complexity index is 876. The number of hydrogen-bond acceptors (Lipinski definition) is 1. The van der Waals surface area contributed by atoms with Gasteiger partial charge in [-0.15, -0.1) is 0 Å². The Kier molecular flexibility index (Phi) is 4.64. The fraction of sp³-hybridized carbons (Fsp3) is 0.0870. The van der Waals surface area contributed by atoms with Crippen molar-refractivity contribution in [3.05, 3.63) is 123 Å². The van der Waals surface area contributed by atoms with Gasteiger partial charge in [-0.2, -0.15) is 0 Å². The lowest BCUT2D eigenvalue weighted by atomic mass is 9.69. The Hall–Kier alpha value is -2.40. The van der Waals surface area contributed by atoms with Gasteiger partial charge in [0.25, 0.3) is 0 Å². The van der Waals surface area contributed by atoms with Crippen LogP contribution in [0.25, 0.3) is 0 Å². The lowest BCUT2D eigenvalue weighted by Crippen LogP contribution is -2.32. The smallest absolute Gasteiger partial charge is 0.127 e. The van der Waals surface area contributed by atoms with Crippen molar-refractivity contribution in [2.45, 2.75) is 12.3 Å². The largest absolute Gasteiger partial charge is 0.344 e. The predicted molar refractivity (Wildman–Crippen MR) is 114 cm³/mol. The summed E-state index contributed by atoms with van der Waals surface area (Å²) in [6.45, 7) is 2.07. The van der Waals surface area contributed by atoms with Crippen molar-refractivity contribution in [2.24, 2.45) is 0 Å². The van der Waals surface area contributed by atoms with E-state index in [2.05, 4.69) is 125 Å². The van der Waals surface area contributed by atoms with Crippen LogP contribution in [0.4, 0.5) is 0 Å². The van der Waals surface area contributed by atoms with E-state index in [4.69, 9.17) is 4.98 Å². The lowest BCUT2D eigenvalue weighted by molar-refractivity contribution is 0.690. The van der Waals surface area contributed by atoms with Gasteiger partial charge in [0.15, 0.2) is 0 Å². The molecule has 3 heteroatoms. The number of rotatable bonds is 4. The van der Waals surface area contributed by atoms with Crippen molar-refractivity contribution in [1.29, 1.82) is 0 Å². The summed E-state index contributed by atoms with van der Waals surface area (Å²) in [4.78, 5) is 8.51. The molecule has 0 saturated carbocycles. The number of nitrogens with one attached hydrogen (secondary N) is 1. The molecule has 0 fully saturated rings. The Balaban J connectivity index is 2.14. The van der Waals surface area contributed by atoms with E-state index in [-0.39, 0.29) is 0 Å². The summed E-state index contributed by atoms with van der Waals surface area (Å²) in [5.74, 6) is 0.947. The molecule has 0 spiro atoms. The van der Waals surface area contributed by atoms with Gasteiger partial charge in [0.1, 0.15) is 14.9 Å². The summed E-state index contributed by atoms with van der Waals surface area (Å²) < 4.78 is 1.00. The number of halogens is 1. The summed E-state index contributed by atoms with van der Waals surface area (Å²) in [5, 5.41) is 0. The molecule has 4 rings (SSSR count). The highest BCUT2D eigenvalue weighted by Crippen LogP contribution is 2.43. The number of nitrogens with zero attached hydrogens (tertiary/aromatic N) is 1. The van der Waals surface area contributed by atoms with E-state index in [1.54, 1.807) is 0 Å². The first-order valence-electron chi connectivity index (χ1n) is 8.62. The molecule has 1 heterocycles. The Morgan fingerprint density at radius 3 is 1.38 bits per heavy atom. The number of benzene rings is 3. The van der Waals surface area contributed by atoms with Crippen molar-refractivity contribution in [2.75, 3.05) is 0 Å². The van der Waals surface area contributed by atoms with E-state index in [1.807, 2.05) is 0 Å². The van der Waals surface area contributed by atoms with Gasteiger partial charge in [0.2, 0.25) is 0 Å². The van der Waals surface area contributed by atoms with Crippen LogP contribution in [0.3, 0.4) is 0 Å². The average Bonchev–Trinajstić information content (AvgIpc) is 3.04. The molecule has 0 saturated heterocycles. The molecule has 2 nitrogen and oxygen atoms in total. The molecular weight excluding hydrogens is 431 g/mol. The van der Waals surface area contributed by atoms with E-state index in [0.29, 0.717) is 0 Å². The second-order valence-corrected chi connectivity index (χ2v) is 7.37. The molecule has 1 aromatic heterocycles. The highest BCUT2D eigenvalue weighted by atomic mass is 127. The third kappa shape index (κ3) is 2.76. The van der Waals surface area contributed by atoms with Crippen LogP contribution in [-0.2, 0) is 5.41 Å². The fourth-order valence-corrected chi connectivity index (χ4v) is 3.97. The maximum absolute atomic E-state index is 4.94. The molecule has 3 aromatic carbocycles. The van der Waals surface area contributed by atoms with Gasteiger partial charge in [-0.05, 0) is 46.2 Å². The van der Waals surface area contributed by atoms with Crippen LogP contribution in [0.5, 0.6) is 0 Å². The lowest BCUT2D eigenvalue weighted by Gasteiger charge is -2.34. The van der Waals surface area contributed by atoms with Crippen molar-refractivity contribution < 1.29 is 0 Å². The van der Waals surface area contributed by atoms with Crippen molar-refractivity contribution in [3.63, 3.8) is 0 Å². The Morgan fingerprint density at radius 1 is 0.692 bits per heavy atom.